The lowest BCUT2D eigenvalue weighted by molar-refractivity contribution is -0.140. The molecule has 0 aromatic heterocycles. The molecule has 1 fully saturated rings. The maximum atomic E-state index is 13.9. The van der Waals surface area contributed by atoms with Crippen LogP contribution in [0.3, 0.4) is 0 Å². The van der Waals surface area contributed by atoms with Gasteiger partial charge in [0.25, 0.3) is 11.8 Å². The standard InChI is InChI=1S/C33H34N2O6S2/c1-3-17-34(18-4-2)32(39)30(25-13-9-6-10-14-25)41-27-19-24(15-16-26(27)40-22-23-11-7-5-8-12-23)20-28-31(38)35(21-29(36)37)33(42)43-28/h5-16,19-20,30H,3-4,17-18,21-22H2,1-2H3,(H,36,37). The van der Waals surface area contributed by atoms with E-state index >= 15 is 0 Å². The lowest BCUT2D eigenvalue weighted by Crippen LogP contribution is -2.38. The Bertz CT molecular complexity index is 1470. The van der Waals surface area contributed by atoms with Gasteiger partial charge < -0.3 is 19.5 Å². The van der Waals surface area contributed by atoms with E-state index in [1.807, 2.05) is 79.4 Å². The van der Waals surface area contributed by atoms with Crippen molar-refractivity contribution in [3.8, 4) is 11.5 Å². The summed E-state index contributed by atoms with van der Waals surface area (Å²) in [5, 5.41) is 9.17. The van der Waals surface area contributed by atoms with Crippen molar-refractivity contribution in [3.05, 3.63) is 100 Å². The predicted molar refractivity (Wildman–Crippen MR) is 172 cm³/mol. The zero-order valence-corrected chi connectivity index (χ0v) is 25.7. The van der Waals surface area contributed by atoms with Gasteiger partial charge in [-0.1, -0.05) is 105 Å². The maximum absolute atomic E-state index is 13.9. The van der Waals surface area contributed by atoms with Crippen LogP contribution in [0.1, 0.15) is 49.5 Å². The Hall–Kier alpha value is -4.15. The van der Waals surface area contributed by atoms with Crippen LogP contribution in [0.4, 0.5) is 0 Å². The van der Waals surface area contributed by atoms with E-state index in [1.54, 1.807) is 24.3 Å². The van der Waals surface area contributed by atoms with E-state index in [4.69, 9.17) is 21.7 Å². The largest absolute Gasteiger partial charge is 0.485 e. The average molecular weight is 619 g/mol. The van der Waals surface area contributed by atoms with E-state index < -0.39 is 24.5 Å². The molecule has 8 nitrogen and oxygen atoms in total. The molecule has 0 radical (unpaired) electrons. The van der Waals surface area contributed by atoms with Gasteiger partial charge in [-0.2, -0.15) is 0 Å². The summed E-state index contributed by atoms with van der Waals surface area (Å²) in [5.41, 5.74) is 2.28. The zero-order valence-electron chi connectivity index (χ0n) is 24.1. The van der Waals surface area contributed by atoms with Crippen LogP contribution in [0.25, 0.3) is 6.08 Å². The molecule has 1 aliphatic rings. The van der Waals surface area contributed by atoms with Crippen molar-refractivity contribution in [2.45, 2.75) is 39.4 Å². The molecule has 3 aromatic rings. The molecule has 1 N–H and O–H groups in total. The van der Waals surface area contributed by atoms with Crippen molar-refractivity contribution in [1.82, 2.24) is 9.80 Å². The number of thiocarbonyl (C=S) groups is 1. The van der Waals surface area contributed by atoms with Gasteiger partial charge in [0.2, 0.25) is 6.10 Å². The smallest absolute Gasteiger partial charge is 0.323 e. The van der Waals surface area contributed by atoms with E-state index in [1.165, 1.54) is 0 Å². The predicted octanol–water partition coefficient (Wildman–Crippen LogP) is 6.32. The minimum atomic E-state index is -1.15. The second-order valence-corrected chi connectivity index (χ2v) is 11.6. The van der Waals surface area contributed by atoms with Crippen molar-refractivity contribution >= 4 is 52.2 Å². The van der Waals surface area contributed by atoms with Crippen LogP contribution < -0.4 is 9.47 Å². The third kappa shape index (κ3) is 8.46. The molecule has 1 atom stereocenters. The molecular formula is C33H34N2O6S2. The molecule has 0 spiro atoms. The van der Waals surface area contributed by atoms with E-state index in [9.17, 15) is 19.5 Å². The molecule has 0 bridgehead atoms. The SMILES string of the molecule is CCCN(CCC)C(=O)C(Oc1cc(C=C2SC(=S)N(CC(=O)O)C2=O)ccc1OCc1ccccc1)c1ccccc1. The van der Waals surface area contributed by atoms with Crippen LogP contribution in [-0.2, 0) is 21.0 Å². The van der Waals surface area contributed by atoms with Crippen LogP contribution in [0.5, 0.6) is 11.5 Å². The van der Waals surface area contributed by atoms with E-state index in [2.05, 4.69) is 0 Å². The Morgan fingerprint density at radius 2 is 1.63 bits per heavy atom. The summed E-state index contributed by atoms with van der Waals surface area (Å²) >= 11 is 6.28. The molecule has 1 saturated heterocycles. The van der Waals surface area contributed by atoms with Crippen molar-refractivity contribution < 1.29 is 29.0 Å². The molecule has 10 heteroatoms. The number of carboxylic acids is 1. The number of carbonyl (C=O) groups excluding carboxylic acids is 2. The highest BCUT2D eigenvalue weighted by molar-refractivity contribution is 8.26. The van der Waals surface area contributed by atoms with Gasteiger partial charge in [-0.15, -0.1) is 0 Å². The van der Waals surface area contributed by atoms with Crippen LogP contribution in [-0.4, -0.2) is 56.6 Å². The van der Waals surface area contributed by atoms with Gasteiger partial charge in [-0.05, 0) is 42.2 Å². The maximum Gasteiger partial charge on any atom is 0.323 e. The normalized spacial score (nSPS) is 14.6. The van der Waals surface area contributed by atoms with Crippen molar-refractivity contribution in [2.75, 3.05) is 19.6 Å². The van der Waals surface area contributed by atoms with E-state index in [-0.39, 0.29) is 16.8 Å². The fourth-order valence-corrected chi connectivity index (χ4v) is 5.79. The molecule has 224 valence electrons. The van der Waals surface area contributed by atoms with E-state index in [0.717, 1.165) is 35.1 Å². The number of benzene rings is 3. The molecule has 0 saturated carbocycles. The summed E-state index contributed by atoms with van der Waals surface area (Å²) in [6, 6.07) is 24.3. The molecule has 3 aromatic carbocycles. The summed E-state index contributed by atoms with van der Waals surface area (Å²) in [6.07, 6.45) is 2.33. The lowest BCUT2D eigenvalue weighted by atomic mass is 10.1. The Morgan fingerprint density at radius 1 is 0.977 bits per heavy atom. The summed E-state index contributed by atoms with van der Waals surface area (Å²) in [5.74, 6) is -1.00. The van der Waals surface area contributed by atoms with Gasteiger partial charge in [-0.3, -0.25) is 19.3 Å². The van der Waals surface area contributed by atoms with Gasteiger partial charge in [0, 0.05) is 18.7 Å². The summed E-state index contributed by atoms with van der Waals surface area (Å²) < 4.78 is 12.9. The molecular weight excluding hydrogens is 585 g/mol. The fourth-order valence-electron chi connectivity index (χ4n) is 4.54. The van der Waals surface area contributed by atoms with Gasteiger partial charge >= 0.3 is 5.97 Å². The summed E-state index contributed by atoms with van der Waals surface area (Å²) in [6.45, 7) is 5.06. The van der Waals surface area contributed by atoms with E-state index in [0.29, 0.717) is 40.6 Å². The van der Waals surface area contributed by atoms with Crippen molar-refractivity contribution in [2.24, 2.45) is 0 Å². The third-order valence-corrected chi connectivity index (χ3v) is 7.92. The average Bonchev–Trinajstić information content (AvgIpc) is 3.26. The first-order valence-electron chi connectivity index (χ1n) is 14.1. The minimum absolute atomic E-state index is 0.149. The Morgan fingerprint density at radius 3 is 2.26 bits per heavy atom. The topological polar surface area (TPSA) is 96.4 Å². The highest BCUT2D eigenvalue weighted by Crippen LogP contribution is 2.37. The number of nitrogens with zero attached hydrogens (tertiary/aromatic N) is 2. The molecule has 1 unspecified atom stereocenters. The zero-order chi connectivity index (χ0) is 30.8. The minimum Gasteiger partial charge on any atom is -0.485 e. The van der Waals surface area contributed by atoms with Gasteiger partial charge in [0.1, 0.15) is 17.5 Å². The fraction of sp³-hybridized carbons (Fsp3) is 0.273. The van der Waals surface area contributed by atoms with Gasteiger partial charge in [0.15, 0.2) is 11.5 Å². The van der Waals surface area contributed by atoms with Gasteiger partial charge in [-0.25, -0.2) is 0 Å². The molecule has 2 amide bonds. The third-order valence-electron chi connectivity index (χ3n) is 6.54. The molecule has 1 heterocycles. The lowest BCUT2D eigenvalue weighted by Gasteiger charge is -2.28. The summed E-state index contributed by atoms with van der Waals surface area (Å²) in [7, 11) is 0. The summed E-state index contributed by atoms with van der Waals surface area (Å²) in [4.78, 5) is 41.2. The van der Waals surface area contributed by atoms with Crippen LogP contribution >= 0.6 is 24.0 Å². The highest BCUT2D eigenvalue weighted by Gasteiger charge is 2.33. The number of amides is 2. The first kappa shape index (κ1) is 31.8. The number of aliphatic carboxylic acids is 1. The van der Waals surface area contributed by atoms with Crippen LogP contribution in [0, 0.1) is 0 Å². The van der Waals surface area contributed by atoms with Crippen LogP contribution in [0.2, 0.25) is 0 Å². The monoisotopic (exact) mass is 618 g/mol. The number of hydrogen-bond acceptors (Lipinski definition) is 7. The number of hydrogen-bond donors (Lipinski definition) is 1. The first-order chi connectivity index (χ1) is 20.8. The number of ether oxygens (including phenoxy) is 2. The highest BCUT2D eigenvalue weighted by atomic mass is 32.2. The van der Waals surface area contributed by atoms with Crippen molar-refractivity contribution in [1.29, 1.82) is 0 Å². The molecule has 1 aliphatic heterocycles. The number of carbonyl (C=O) groups is 3. The molecule has 4 rings (SSSR count). The van der Waals surface area contributed by atoms with Crippen molar-refractivity contribution in [3.63, 3.8) is 0 Å². The Kier molecular flexibility index (Phi) is 11.4. The molecule has 43 heavy (non-hydrogen) atoms. The quantitative estimate of drug-likeness (QED) is 0.166. The van der Waals surface area contributed by atoms with Crippen LogP contribution in [0.15, 0.2) is 83.8 Å². The second-order valence-electron chi connectivity index (χ2n) is 9.88. The Labute approximate surface area is 261 Å². The first-order valence-corrected chi connectivity index (χ1v) is 15.3. The molecule has 0 aliphatic carbocycles. The number of carboxylic acid groups (broad SMARTS) is 1. The Balaban J connectivity index is 1.72. The van der Waals surface area contributed by atoms with Gasteiger partial charge in [0.05, 0.1) is 4.91 Å². The second kappa shape index (κ2) is 15.4. The number of thioether (sulfide) groups is 1. The number of rotatable bonds is 14.